The van der Waals surface area contributed by atoms with Crippen molar-refractivity contribution in [1.29, 1.82) is 0 Å². The van der Waals surface area contributed by atoms with Gasteiger partial charge in [0, 0.05) is 12.0 Å². The van der Waals surface area contributed by atoms with E-state index in [1.165, 1.54) is 0 Å². The number of hydrogen-bond donors (Lipinski definition) is 4. The first-order valence-electron chi connectivity index (χ1n) is 9.18. The summed E-state index contributed by atoms with van der Waals surface area (Å²) < 4.78 is 0. The Balaban J connectivity index is 5.07. The number of nitrogens with two attached hydrogens (primary N) is 1. The standard InChI is InChI=1S/C18H36N4O3/c1-7-18(5,6)15(23)13(10-9-11-21-17(19)25)22-16(24)14(12(3)4)20-8-2/h12-14,20H,7-11H2,1-6H3,(H,22,24)(H3,19,21,25). The van der Waals surface area contributed by atoms with Gasteiger partial charge in [-0.05, 0) is 31.7 Å². The number of rotatable bonds is 12. The fourth-order valence-corrected chi connectivity index (χ4v) is 2.55. The highest BCUT2D eigenvalue weighted by molar-refractivity contribution is 5.93. The van der Waals surface area contributed by atoms with Crippen LogP contribution >= 0.6 is 0 Å². The molecule has 5 N–H and O–H groups in total. The second-order valence-electron chi connectivity index (χ2n) is 7.38. The Morgan fingerprint density at radius 2 is 1.72 bits per heavy atom. The van der Waals surface area contributed by atoms with E-state index in [0.717, 1.165) is 0 Å². The van der Waals surface area contributed by atoms with Gasteiger partial charge in [0.2, 0.25) is 5.91 Å². The van der Waals surface area contributed by atoms with Gasteiger partial charge < -0.3 is 21.7 Å². The second kappa shape index (κ2) is 11.1. The van der Waals surface area contributed by atoms with Crippen LogP contribution in [0.15, 0.2) is 0 Å². The van der Waals surface area contributed by atoms with Crippen molar-refractivity contribution in [3.63, 3.8) is 0 Å². The lowest BCUT2D eigenvalue weighted by Gasteiger charge is -2.30. The predicted molar refractivity (Wildman–Crippen MR) is 100 cm³/mol. The summed E-state index contributed by atoms with van der Waals surface area (Å²) in [6, 6.07) is -1.50. The molecule has 2 atom stereocenters. The van der Waals surface area contributed by atoms with Crippen LogP contribution in [0.25, 0.3) is 0 Å². The Hall–Kier alpha value is -1.63. The number of urea groups is 1. The van der Waals surface area contributed by atoms with Crippen molar-refractivity contribution in [2.24, 2.45) is 17.1 Å². The van der Waals surface area contributed by atoms with E-state index in [2.05, 4.69) is 16.0 Å². The van der Waals surface area contributed by atoms with Crippen molar-refractivity contribution < 1.29 is 14.4 Å². The van der Waals surface area contributed by atoms with Crippen LogP contribution in [0.1, 0.15) is 60.8 Å². The fraction of sp³-hybridized carbons (Fsp3) is 0.833. The normalized spacial score (nSPS) is 14.0. The van der Waals surface area contributed by atoms with Gasteiger partial charge in [0.05, 0.1) is 12.1 Å². The van der Waals surface area contributed by atoms with Gasteiger partial charge in [0.1, 0.15) is 0 Å². The monoisotopic (exact) mass is 356 g/mol. The Bertz CT molecular complexity index is 450. The lowest BCUT2D eigenvalue weighted by molar-refractivity contribution is -0.134. The smallest absolute Gasteiger partial charge is 0.312 e. The molecule has 0 bridgehead atoms. The molecule has 0 radical (unpaired) electrons. The van der Waals surface area contributed by atoms with E-state index < -0.39 is 17.5 Å². The van der Waals surface area contributed by atoms with E-state index >= 15 is 0 Å². The maximum atomic E-state index is 12.9. The SMILES string of the molecule is CCNC(C(=O)NC(CCCNC(N)=O)C(=O)C(C)(C)CC)C(C)C. The van der Waals surface area contributed by atoms with Crippen LogP contribution in [-0.4, -0.2) is 42.9 Å². The van der Waals surface area contributed by atoms with Crippen molar-refractivity contribution >= 4 is 17.7 Å². The molecule has 0 fully saturated rings. The highest BCUT2D eigenvalue weighted by Crippen LogP contribution is 2.24. The van der Waals surface area contributed by atoms with Gasteiger partial charge in [0.15, 0.2) is 5.78 Å². The largest absolute Gasteiger partial charge is 0.352 e. The number of primary amides is 1. The maximum absolute atomic E-state index is 12.9. The van der Waals surface area contributed by atoms with Crippen LogP contribution in [0, 0.1) is 11.3 Å². The average molecular weight is 357 g/mol. The van der Waals surface area contributed by atoms with Gasteiger partial charge in [0.25, 0.3) is 0 Å². The third-order valence-electron chi connectivity index (χ3n) is 4.53. The molecule has 0 rings (SSSR count). The molecule has 0 aliphatic heterocycles. The molecule has 0 spiro atoms. The molecule has 7 nitrogen and oxygen atoms in total. The molecular formula is C18H36N4O3. The molecule has 7 heteroatoms. The van der Waals surface area contributed by atoms with Crippen molar-refractivity contribution in [2.45, 2.75) is 72.9 Å². The molecule has 0 saturated heterocycles. The van der Waals surface area contributed by atoms with E-state index in [-0.39, 0.29) is 23.7 Å². The zero-order chi connectivity index (χ0) is 19.6. The lowest BCUT2D eigenvalue weighted by Crippen LogP contribution is -2.54. The molecule has 0 saturated carbocycles. The third kappa shape index (κ3) is 8.34. The quantitative estimate of drug-likeness (QED) is 0.397. The molecule has 0 aliphatic carbocycles. The zero-order valence-corrected chi connectivity index (χ0v) is 16.6. The van der Waals surface area contributed by atoms with E-state index in [1.54, 1.807) is 0 Å². The minimum atomic E-state index is -0.590. The highest BCUT2D eigenvalue weighted by atomic mass is 16.2. The summed E-state index contributed by atoms with van der Waals surface area (Å²) in [5.41, 5.74) is 4.54. The molecule has 0 aromatic carbocycles. The fourth-order valence-electron chi connectivity index (χ4n) is 2.55. The number of likely N-dealkylation sites (N-methyl/N-ethyl adjacent to an activating group) is 1. The molecule has 2 unspecified atom stereocenters. The first kappa shape index (κ1) is 23.4. The molecule has 0 aliphatic rings. The Kier molecular flexibility index (Phi) is 10.4. The first-order valence-corrected chi connectivity index (χ1v) is 9.18. The predicted octanol–water partition coefficient (Wildman–Crippen LogP) is 1.56. The summed E-state index contributed by atoms with van der Waals surface area (Å²) in [4.78, 5) is 36.3. The summed E-state index contributed by atoms with van der Waals surface area (Å²) in [7, 11) is 0. The topological polar surface area (TPSA) is 113 Å². The number of carbonyl (C=O) groups excluding carboxylic acids is 3. The Morgan fingerprint density at radius 1 is 1.12 bits per heavy atom. The van der Waals surface area contributed by atoms with Crippen molar-refractivity contribution in [3.8, 4) is 0 Å². The molecule has 0 aromatic heterocycles. The van der Waals surface area contributed by atoms with Crippen LogP contribution in [0.4, 0.5) is 4.79 Å². The summed E-state index contributed by atoms with van der Waals surface area (Å²) in [5.74, 6) is -0.0298. The molecule has 0 heterocycles. The summed E-state index contributed by atoms with van der Waals surface area (Å²) in [5, 5.41) is 8.59. The highest BCUT2D eigenvalue weighted by Gasteiger charge is 2.34. The number of nitrogens with one attached hydrogen (secondary N) is 3. The zero-order valence-electron chi connectivity index (χ0n) is 16.6. The van der Waals surface area contributed by atoms with Crippen LogP contribution in [0.3, 0.4) is 0 Å². The number of Topliss-reactive ketones (excluding diaryl/α,β-unsaturated/α-hetero) is 1. The number of carbonyl (C=O) groups is 3. The summed E-state index contributed by atoms with van der Waals surface area (Å²) in [6.07, 6.45) is 1.72. The molecule has 25 heavy (non-hydrogen) atoms. The van der Waals surface area contributed by atoms with Crippen molar-refractivity contribution in [1.82, 2.24) is 16.0 Å². The minimum absolute atomic E-state index is 0.0152. The Labute approximate surface area is 151 Å². The molecule has 3 amide bonds. The van der Waals surface area contributed by atoms with Gasteiger partial charge in [-0.25, -0.2) is 4.79 Å². The molecular weight excluding hydrogens is 320 g/mol. The van der Waals surface area contributed by atoms with E-state index in [4.69, 9.17) is 5.73 Å². The van der Waals surface area contributed by atoms with E-state index in [9.17, 15) is 14.4 Å². The van der Waals surface area contributed by atoms with E-state index in [0.29, 0.717) is 32.4 Å². The van der Waals surface area contributed by atoms with Gasteiger partial charge in [-0.3, -0.25) is 9.59 Å². The van der Waals surface area contributed by atoms with Gasteiger partial charge >= 0.3 is 6.03 Å². The van der Waals surface area contributed by atoms with Crippen molar-refractivity contribution in [2.75, 3.05) is 13.1 Å². The first-order chi connectivity index (χ1) is 11.6. The Morgan fingerprint density at radius 3 is 2.16 bits per heavy atom. The number of ketones is 1. The maximum Gasteiger partial charge on any atom is 0.312 e. The van der Waals surface area contributed by atoms with Gasteiger partial charge in [-0.1, -0.05) is 41.5 Å². The third-order valence-corrected chi connectivity index (χ3v) is 4.53. The summed E-state index contributed by atoms with van der Waals surface area (Å²) in [6.45, 7) is 12.7. The van der Waals surface area contributed by atoms with E-state index in [1.807, 2.05) is 41.5 Å². The van der Waals surface area contributed by atoms with Crippen LogP contribution in [0.2, 0.25) is 0 Å². The molecule has 146 valence electrons. The number of amides is 3. The average Bonchev–Trinajstić information content (AvgIpc) is 2.53. The van der Waals surface area contributed by atoms with Crippen LogP contribution in [-0.2, 0) is 9.59 Å². The minimum Gasteiger partial charge on any atom is -0.352 e. The van der Waals surface area contributed by atoms with Gasteiger partial charge in [-0.2, -0.15) is 0 Å². The van der Waals surface area contributed by atoms with Crippen LogP contribution < -0.4 is 21.7 Å². The second-order valence-corrected chi connectivity index (χ2v) is 7.38. The lowest BCUT2D eigenvalue weighted by atomic mass is 9.80. The van der Waals surface area contributed by atoms with Crippen molar-refractivity contribution in [3.05, 3.63) is 0 Å². The molecule has 0 aromatic rings. The number of hydrogen-bond acceptors (Lipinski definition) is 4. The van der Waals surface area contributed by atoms with Crippen LogP contribution in [0.5, 0.6) is 0 Å². The van der Waals surface area contributed by atoms with Gasteiger partial charge in [-0.15, -0.1) is 0 Å². The summed E-state index contributed by atoms with van der Waals surface area (Å²) >= 11 is 0.